The number of hydrogen-bond acceptors (Lipinski definition) is 2. The zero-order chi connectivity index (χ0) is 11.0. The fraction of sp³-hybridized carbons (Fsp3) is 0.545. The Balaban J connectivity index is 2.34. The van der Waals surface area contributed by atoms with E-state index in [-0.39, 0.29) is 5.56 Å². The van der Waals surface area contributed by atoms with Gasteiger partial charge in [0.05, 0.1) is 10.2 Å². The highest BCUT2D eigenvalue weighted by Crippen LogP contribution is 2.28. The average molecular weight is 271 g/mol. The van der Waals surface area contributed by atoms with E-state index in [4.69, 9.17) is 5.73 Å². The molecule has 1 aliphatic rings. The summed E-state index contributed by atoms with van der Waals surface area (Å²) in [5, 5.41) is 0. The minimum Gasteiger partial charge on any atom is -0.397 e. The lowest BCUT2D eigenvalue weighted by Crippen LogP contribution is -2.28. The Bertz CT molecular complexity index is 435. The highest BCUT2D eigenvalue weighted by molar-refractivity contribution is 9.10. The maximum absolute atomic E-state index is 11.9. The van der Waals surface area contributed by atoms with Gasteiger partial charge in [-0.2, -0.15) is 0 Å². The van der Waals surface area contributed by atoms with Gasteiger partial charge in [-0.15, -0.1) is 0 Å². The van der Waals surface area contributed by atoms with Crippen molar-refractivity contribution in [1.82, 2.24) is 4.57 Å². The number of anilines is 1. The first-order valence-electron chi connectivity index (χ1n) is 5.24. The summed E-state index contributed by atoms with van der Waals surface area (Å²) in [6.07, 6.45) is 5.53. The van der Waals surface area contributed by atoms with E-state index in [1.165, 1.54) is 19.3 Å². The van der Waals surface area contributed by atoms with Crippen molar-refractivity contribution >= 4 is 21.6 Å². The van der Waals surface area contributed by atoms with Gasteiger partial charge < -0.3 is 10.3 Å². The fourth-order valence-corrected chi connectivity index (χ4v) is 2.28. The van der Waals surface area contributed by atoms with Gasteiger partial charge in [-0.05, 0) is 47.2 Å². The molecule has 0 atom stereocenters. The highest BCUT2D eigenvalue weighted by Gasteiger charge is 2.19. The number of nitrogen functional groups attached to an aromatic ring is 1. The lowest BCUT2D eigenvalue weighted by molar-refractivity contribution is 0.273. The number of rotatable bonds is 2. The monoisotopic (exact) mass is 270 g/mol. The average Bonchev–Trinajstić information content (AvgIpc) is 2.15. The Kier molecular flexibility index (Phi) is 2.87. The van der Waals surface area contributed by atoms with Crippen molar-refractivity contribution in [1.29, 1.82) is 0 Å². The van der Waals surface area contributed by atoms with E-state index in [1.54, 1.807) is 10.8 Å². The molecule has 82 valence electrons. The lowest BCUT2D eigenvalue weighted by atomic mass is 9.85. The van der Waals surface area contributed by atoms with Gasteiger partial charge in [-0.3, -0.25) is 4.79 Å². The van der Waals surface area contributed by atoms with Gasteiger partial charge >= 0.3 is 0 Å². The molecule has 0 aliphatic heterocycles. The number of halogens is 1. The summed E-state index contributed by atoms with van der Waals surface area (Å²) in [6.45, 7) is 2.66. The Morgan fingerprint density at radius 2 is 2.27 bits per heavy atom. The number of aromatic nitrogens is 1. The Morgan fingerprint density at radius 1 is 1.60 bits per heavy atom. The second-order valence-corrected chi connectivity index (χ2v) is 5.07. The van der Waals surface area contributed by atoms with Crippen molar-refractivity contribution in [2.45, 2.75) is 32.7 Å². The maximum Gasteiger partial charge on any atom is 0.265 e. The van der Waals surface area contributed by atoms with Crippen LogP contribution in [0.25, 0.3) is 0 Å². The van der Waals surface area contributed by atoms with Crippen LogP contribution in [0.5, 0.6) is 0 Å². The lowest BCUT2D eigenvalue weighted by Gasteiger charge is -2.26. The molecule has 1 aromatic heterocycles. The number of hydrogen-bond donors (Lipinski definition) is 1. The molecule has 0 radical (unpaired) electrons. The van der Waals surface area contributed by atoms with Gasteiger partial charge in [0.1, 0.15) is 0 Å². The van der Waals surface area contributed by atoms with Crippen molar-refractivity contribution in [3.63, 3.8) is 0 Å². The fourth-order valence-electron chi connectivity index (χ4n) is 1.83. The molecular formula is C11H15BrN2O. The van der Waals surface area contributed by atoms with Gasteiger partial charge in [-0.25, -0.2) is 0 Å². The standard InChI is InChI=1S/C11H15BrN2O/c1-7-9(13)6-14(11(15)10(7)12)5-8-3-2-4-8/h6,8H,2-5,13H2,1H3. The molecule has 0 amide bonds. The van der Waals surface area contributed by atoms with Crippen LogP contribution in [0.3, 0.4) is 0 Å². The zero-order valence-electron chi connectivity index (χ0n) is 8.79. The quantitative estimate of drug-likeness (QED) is 0.897. The van der Waals surface area contributed by atoms with Crippen LogP contribution in [0.1, 0.15) is 24.8 Å². The van der Waals surface area contributed by atoms with E-state index in [0.29, 0.717) is 16.1 Å². The second-order valence-electron chi connectivity index (χ2n) is 4.28. The molecule has 2 N–H and O–H groups in total. The summed E-state index contributed by atoms with van der Waals surface area (Å²) in [4.78, 5) is 11.9. The Morgan fingerprint density at radius 3 is 2.80 bits per heavy atom. The van der Waals surface area contributed by atoms with Crippen LogP contribution >= 0.6 is 15.9 Å². The number of pyridine rings is 1. The summed E-state index contributed by atoms with van der Waals surface area (Å²) < 4.78 is 2.33. The van der Waals surface area contributed by atoms with E-state index in [0.717, 1.165) is 12.1 Å². The van der Waals surface area contributed by atoms with Gasteiger partial charge in [0.2, 0.25) is 0 Å². The second kappa shape index (κ2) is 4.00. The van der Waals surface area contributed by atoms with Crippen LogP contribution in [0.15, 0.2) is 15.5 Å². The van der Waals surface area contributed by atoms with E-state index < -0.39 is 0 Å². The van der Waals surface area contributed by atoms with E-state index >= 15 is 0 Å². The minimum absolute atomic E-state index is 0.0357. The Labute approximate surface area is 97.4 Å². The van der Waals surface area contributed by atoms with E-state index in [2.05, 4.69) is 15.9 Å². The van der Waals surface area contributed by atoms with Crippen molar-refractivity contribution in [2.24, 2.45) is 5.92 Å². The van der Waals surface area contributed by atoms with Gasteiger partial charge in [-0.1, -0.05) is 6.42 Å². The molecule has 0 saturated heterocycles. The molecule has 1 aromatic rings. The molecule has 1 saturated carbocycles. The summed E-state index contributed by atoms with van der Waals surface area (Å²) >= 11 is 3.30. The normalized spacial score (nSPS) is 16.4. The molecule has 1 heterocycles. The molecule has 1 fully saturated rings. The van der Waals surface area contributed by atoms with Crippen LogP contribution in [0.2, 0.25) is 0 Å². The molecule has 0 unspecified atom stereocenters. The van der Waals surface area contributed by atoms with E-state index in [1.807, 2.05) is 6.92 Å². The molecule has 4 heteroatoms. The predicted molar refractivity (Wildman–Crippen MR) is 64.9 cm³/mol. The third-order valence-electron chi connectivity index (χ3n) is 3.19. The predicted octanol–water partition coefficient (Wildman–Crippen LogP) is 2.30. The van der Waals surface area contributed by atoms with Gasteiger partial charge in [0, 0.05) is 12.7 Å². The number of nitrogens with two attached hydrogens (primary N) is 1. The highest BCUT2D eigenvalue weighted by atomic mass is 79.9. The molecule has 0 spiro atoms. The first-order valence-corrected chi connectivity index (χ1v) is 6.04. The molecule has 1 aliphatic carbocycles. The topological polar surface area (TPSA) is 48.0 Å². The van der Waals surface area contributed by atoms with Crippen LogP contribution in [-0.2, 0) is 6.54 Å². The summed E-state index contributed by atoms with van der Waals surface area (Å²) in [5.74, 6) is 0.664. The smallest absolute Gasteiger partial charge is 0.265 e. The zero-order valence-corrected chi connectivity index (χ0v) is 10.4. The van der Waals surface area contributed by atoms with Crippen LogP contribution in [-0.4, -0.2) is 4.57 Å². The summed E-state index contributed by atoms with van der Waals surface area (Å²) in [6, 6.07) is 0. The number of nitrogens with zero attached hydrogens (tertiary/aromatic N) is 1. The minimum atomic E-state index is 0.0357. The third kappa shape index (κ3) is 1.95. The van der Waals surface area contributed by atoms with Crippen LogP contribution in [0.4, 0.5) is 5.69 Å². The van der Waals surface area contributed by atoms with Crippen molar-refractivity contribution < 1.29 is 0 Å². The Hall–Kier alpha value is -0.770. The summed E-state index contributed by atoms with van der Waals surface area (Å²) in [7, 11) is 0. The van der Waals surface area contributed by atoms with Crippen molar-refractivity contribution in [3.05, 3.63) is 26.6 Å². The maximum atomic E-state index is 11.9. The third-order valence-corrected chi connectivity index (χ3v) is 4.12. The largest absolute Gasteiger partial charge is 0.397 e. The van der Waals surface area contributed by atoms with Crippen LogP contribution < -0.4 is 11.3 Å². The first kappa shape index (κ1) is 10.7. The molecule has 15 heavy (non-hydrogen) atoms. The molecule has 2 rings (SSSR count). The van der Waals surface area contributed by atoms with Gasteiger partial charge in [0.25, 0.3) is 5.56 Å². The molecular weight excluding hydrogens is 256 g/mol. The molecule has 0 bridgehead atoms. The molecule has 3 nitrogen and oxygen atoms in total. The van der Waals surface area contributed by atoms with Crippen LogP contribution in [0, 0.1) is 12.8 Å². The van der Waals surface area contributed by atoms with Crippen molar-refractivity contribution in [3.8, 4) is 0 Å². The van der Waals surface area contributed by atoms with E-state index in [9.17, 15) is 4.79 Å². The first-order chi connectivity index (χ1) is 7.09. The van der Waals surface area contributed by atoms with Crippen molar-refractivity contribution in [2.75, 3.05) is 5.73 Å². The summed E-state index contributed by atoms with van der Waals surface area (Å²) in [5.41, 5.74) is 7.39. The SMILES string of the molecule is Cc1c(N)cn(CC2CCC2)c(=O)c1Br. The van der Waals surface area contributed by atoms with Gasteiger partial charge in [0.15, 0.2) is 0 Å². The molecule has 0 aromatic carbocycles.